The molecule has 1 saturated carbocycles. The van der Waals surface area contributed by atoms with Crippen molar-refractivity contribution >= 4 is 17.3 Å². The SMILES string of the molecule is COC1CC(Nc2cc(Cl)ccc2-n2cccn2)C1. The van der Waals surface area contributed by atoms with Gasteiger partial charge in [-0.05, 0) is 37.1 Å². The molecule has 0 atom stereocenters. The zero-order valence-corrected chi connectivity index (χ0v) is 11.5. The van der Waals surface area contributed by atoms with Crippen molar-refractivity contribution in [1.29, 1.82) is 0 Å². The molecule has 1 fully saturated rings. The fourth-order valence-corrected chi connectivity index (χ4v) is 2.50. The molecule has 0 bridgehead atoms. The number of aromatic nitrogens is 2. The predicted octanol–water partition coefficient (Wildman–Crippen LogP) is 3.12. The second-order valence-electron chi connectivity index (χ2n) is 4.78. The van der Waals surface area contributed by atoms with Crippen LogP contribution in [0.3, 0.4) is 0 Å². The molecule has 1 N–H and O–H groups in total. The van der Waals surface area contributed by atoms with Crippen molar-refractivity contribution in [2.24, 2.45) is 0 Å². The highest BCUT2D eigenvalue weighted by Gasteiger charge is 2.29. The van der Waals surface area contributed by atoms with Crippen molar-refractivity contribution in [3.63, 3.8) is 0 Å². The molecule has 19 heavy (non-hydrogen) atoms. The van der Waals surface area contributed by atoms with Gasteiger partial charge in [-0.25, -0.2) is 4.68 Å². The van der Waals surface area contributed by atoms with E-state index in [1.54, 1.807) is 13.3 Å². The second-order valence-corrected chi connectivity index (χ2v) is 5.22. The lowest BCUT2D eigenvalue weighted by Crippen LogP contribution is -2.40. The van der Waals surface area contributed by atoms with Gasteiger partial charge in [-0.15, -0.1) is 0 Å². The van der Waals surface area contributed by atoms with Crippen LogP contribution < -0.4 is 5.32 Å². The summed E-state index contributed by atoms with van der Waals surface area (Å²) >= 11 is 6.08. The van der Waals surface area contributed by atoms with Gasteiger partial charge < -0.3 is 10.1 Å². The lowest BCUT2D eigenvalue weighted by atomic mass is 9.89. The van der Waals surface area contributed by atoms with Gasteiger partial charge in [-0.2, -0.15) is 5.10 Å². The Morgan fingerprint density at radius 3 is 2.95 bits per heavy atom. The Hall–Kier alpha value is -1.52. The van der Waals surface area contributed by atoms with E-state index >= 15 is 0 Å². The number of hydrogen-bond acceptors (Lipinski definition) is 3. The number of ether oxygens (including phenoxy) is 1. The normalized spacial score (nSPS) is 22.0. The fourth-order valence-electron chi connectivity index (χ4n) is 2.33. The number of hydrogen-bond donors (Lipinski definition) is 1. The average Bonchev–Trinajstić information content (AvgIpc) is 2.87. The minimum atomic E-state index is 0.379. The van der Waals surface area contributed by atoms with E-state index in [2.05, 4.69) is 10.4 Å². The molecule has 0 saturated heterocycles. The van der Waals surface area contributed by atoms with Crippen LogP contribution in [0.15, 0.2) is 36.7 Å². The average molecular weight is 278 g/mol. The van der Waals surface area contributed by atoms with Crippen LogP contribution in [-0.4, -0.2) is 29.0 Å². The molecule has 0 spiro atoms. The van der Waals surface area contributed by atoms with Crippen LogP contribution in [0.4, 0.5) is 5.69 Å². The van der Waals surface area contributed by atoms with E-state index in [4.69, 9.17) is 16.3 Å². The van der Waals surface area contributed by atoms with E-state index in [-0.39, 0.29) is 0 Å². The van der Waals surface area contributed by atoms with Gasteiger partial charge >= 0.3 is 0 Å². The number of benzene rings is 1. The zero-order valence-electron chi connectivity index (χ0n) is 10.7. The molecule has 2 aromatic rings. The second kappa shape index (κ2) is 5.23. The molecule has 1 aromatic heterocycles. The lowest BCUT2D eigenvalue weighted by molar-refractivity contribution is 0.0329. The molecule has 3 rings (SSSR count). The Labute approximate surface area is 117 Å². The number of nitrogens with zero attached hydrogens (tertiary/aromatic N) is 2. The minimum Gasteiger partial charge on any atom is -0.381 e. The Bertz CT molecular complexity index is 550. The maximum atomic E-state index is 6.08. The minimum absolute atomic E-state index is 0.379. The number of rotatable bonds is 4. The number of halogens is 1. The standard InChI is InChI=1S/C14H16ClN3O/c1-19-12-8-11(9-12)17-13-7-10(15)3-4-14(13)18-6-2-5-16-18/h2-7,11-12,17H,8-9H2,1H3. The summed E-state index contributed by atoms with van der Waals surface area (Å²) in [5.41, 5.74) is 2.02. The van der Waals surface area contributed by atoms with E-state index in [0.717, 1.165) is 29.2 Å². The molecule has 1 aliphatic rings. The molecule has 5 heteroatoms. The Kier molecular flexibility index (Phi) is 3.44. The zero-order chi connectivity index (χ0) is 13.2. The first-order valence-electron chi connectivity index (χ1n) is 6.35. The van der Waals surface area contributed by atoms with Gasteiger partial charge in [0.05, 0.1) is 17.5 Å². The molecule has 0 aliphatic heterocycles. The smallest absolute Gasteiger partial charge is 0.0877 e. The highest BCUT2D eigenvalue weighted by atomic mass is 35.5. The molecule has 1 heterocycles. The van der Waals surface area contributed by atoms with E-state index in [0.29, 0.717) is 12.1 Å². The maximum absolute atomic E-state index is 6.08. The van der Waals surface area contributed by atoms with Crippen LogP contribution in [0.2, 0.25) is 5.02 Å². The highest BCUT2D eigenvalue weighted by Crippen LogP contribution is 2.30. The van der Waals surface area contributed by atoms with Crippen molar-refractivity contribution in [1.82, 2.24) is 9.78 Å². The van der Waals surface area contributed by atoms with Crippen LogP contribution in [-0.2, 0) is 4.74 Å². The van der Waals surface area contributed by atoms with Crippen molar-refractivity contribution in [2.45, 2.75) is 25.0 Å². The van der Waals surface area contributed by atoms with E-state index < -0.39 is 0 Å². The summed E-state index contributed by atoms with van der Waals surface area (Å²) in [6, 6.07) is 8.14. The third-order valence-corrected chi connectivity index (χ3v) is 3.73. The maximum Gasteiger partial charge on any atom is 0.0877 e. The predicted molar refractivity (Wildman–Crippen MR) is 76.0 cm³/mol. The first-order valence-corrected chi connectivity index (χ1v) is 6.73. The quantitative estimate of drug-likeness (QED) is 0.933. The van der Waals surface area contributed by atoms with Crippen molar-refractivity contribution in [3.8, 4) is 5.69 Å². The van der Waals surface area contributed by atoms with Gasteiger partial charge in [0.1, 0.15) is 0 Å². The first kappa shape index (κ1) is 12.5. The molecular formula is C14H16ClN3O. The number of methoxy groups -OCH3 is 1. The van der Waals surface area contributed by atoms with Gasteiger partial charge in [0.2, 0.25) is 0 Å². The van der Waals surface area contributed by atoms with Crippen molar-refractivity contribution < 1.29 is 4.74 Å². The molecule has 1 aliphatic carbocycles. The van der Waals surface area contributed by atoms with Crippen LogP contribution in [0, 0.1) is 0 Å². The topological polar surface area (TPSA) is 39.1 Å². The molecule has 0 radical (unpaired) electrons. The third-order valence-electron chi connectivity index (χ3n) is 3.50. The number of anilines is 1. The summed E-state index contributed by atoms with van der Waals surface area (Å²) in [4.78, 5) is 0. The van der Waals surface area contributed by atoms with E-state index in [9.17, 15) is 0 Å². The van der Waals surface area contributed by atoms with Crippen molar-refractivity contribution in [3.05, 3.63) is 41.7 Å². The molecule has 0 amide bonds. The van der Waals surface area contributed by atoms with E-state index in [1.165, 1.54) is 0 Å². The Balaban J connectivity index is 1.82. The van der Waals surface area contributed by atoms with Crippen LogP contribution >= 0.6 is 11.6 Å². The fraction of sp³-hybridized carbons (Fsp3) is 0.357. The van der Waals surface area contributed by atoms with Gasteiger partial charge in [-0.1, -0.05) is 11.6 Å². The number of nitrogens with one attached hydrogen (secondary N) is 1. The monoisotopic (exact) mass is 277 g/mol. The van der Waals surface area contributed by atoms with E-state index in [1.807, 2.05) is 35.1 Å². The summed E-state index contributed by atoms with van der Waals surface area (Å²) in [7, 11) is 1.76. The van der Waals surface area contributed by atoms with Crippen LogP contribution in [0.1, 0.15) is 12.8 Å². The van der Waals surface area contributed by atoms with Crippen LogP contribution in [0.25, 0.3) is 5.69 Å². The summed E-state index contributed by atoms with van der Waals surface area (Å²) in [6.45, 7) is 0. The highest BCUT2D eigenvalue weighted by molar-refractivity contribution is 6.31. The van der Waals surface area contributed by atoms with Crippen LogP contribution in [0.5, 0.6) is 0 Å². The largest absolute Gasteiger partial charge is 0.381 e. The summed E-state index contributed by atoms with van der Waals surface area (Å²) < 4.78 is 7.14. The van der Waals surface area contributed by atoms with Gasteiger partial charge in [-0.3, -0.25) is 0 Å². The molecule has 100 valence electrons. The summed E-state index contributed by atoms with van der Waals surface area (Å²) in [5.74, 6) is 0. The summed E-state index contributed by atoms with van der Waals surface area (Å²) in [5, 5.41) is 8.51. The van der Waals surface area contributed by atoms with Gasteiger partial charge in [0.25, 0.3) is 0 Å². The molecule has 0 unspecified atom stereocenters. The molecule has 4 nitrogen and oxygen atoms in total. The van der Waals surface area contributed by atoms with Gasteiger partial charge in [0, 0.05) is 30.6 Å². The van der Waals surface area contributed by atoms with Gasteiger partial charge in [0.15, 0.2) is 0 Å². The first-order chi connectivity index (χ1) is 9.26. The third kappa shape index (κ3) is 2.60. The Morgan fingerprint density at radius 1 is 1.42 bits per heavy atom. The Morgan fingerprint density at radius 2 is 2.26 bits per heavy atom. The summed E-state index contributed by atoms with van der Waals surface area (Å²) in [6.07, 6.45) is 6.13. The van der Waals surface area contributed by atoms with Crippen molar-refractivity contribution in [2.75, 3.05) is 12.4 Å². The molecule has 1 aromatic carbocycles. The lowest BCUT2D eigenvalue weighted by Gasteiger charge is -2.35. The molecular weight excluding hydrogens is 262 g/mol.